The zero-order chi connectivity index (χ0) is 15.7. The molecule has 1 aromatic rings. The molecule has 22 heavy (non-hydrogen) atoms. The highest BCUT2D eigenvalue weighted by Crippen LogP contribution is 2.37. The molecule has 5 nitrogen and oxygen atoms in total. The van der Waals surface area contributed by atoms with Crippen molar-refractivity contribution in [3.05, 3.63) is 35.9 Å². The molecule has 3 rings (SSSR count). The van der Waals surface area contributed by atoms with Gasteiger partial charge in [-0.05, 0) is 19.2 Å². The first-order valence-corrected chi connectivity index (χ1v) is 7.70. The fourth-order valence-electron chi connectivity index (χ4n) is 3.60. The number of fused-ring (bicyclic) bond motifs is 2. The summed E-state index contributed by atoms with van der Waals surface area (Å²) < 4.78 is 11.1. The molecule has 0 saturated carbocycles. The number of piperidine rings is 1. The summed E-state index contributed by atoms with van der Waals surface area (Å²) in [5.41, 5.74) is 0.574. The van der Waals surface area contributed by atoms with Crippen LogP contribution >= 0.6 is 0 Å². The summed E-state index contributed by atoms with van der Waals surface area (Å²) in [5, 5.41) is 0. The van der Waals surface area contributed by atoms with Gasteiger partial charge in [-0.2, -0.15) is 0 Å². The molecule has 1 aromatic carbocycles. The molecule has 0 radical (unpaired) electrons. The van der Waals surface area contributed by atoms with Crippen molar-refractivity contribution in [2.45, 2.75) is 50.5 Å². The maximum absolute atomic E-state index is 12.2. The lowest BCUT2D eigenvalue weighted by atomic mass is 10.00. The summed E-state index contributed by atoms with van der Waals surface area (Å²) in [7, 11) is 2.05. The monoisotopic (exact) mass is 303 g/mol. The molecule has 0 unspecified atom stereocenters. The summed E-state index contributed by atoms with van der Waals surface area (Å²) in [4.78, 5) is 25.6. The van der Waals surface area contributed by atoms with E-state index in [1.165, 1.54) is 6.92 Å². The predicted molar refractivity (Wildman–Crippen MR) is 80.4 cm³/mol. The van der Waals surface area contributed by atoms with Crippen molar-refractivity contribution in [2.24, 2.45) is 0 Å². The van der Waals surface area contributed by atoms with Gasteiger partial charge in [0, 0.05) is 32.2 Å². The number of ether oxygens (including phenoxy) is 2. The lowest BCUT2D eigenvalue weighted by Gasteiger charge is -2.36. The second-order valence-corrected chi connectivity index (χ2v) is 6.13. The van der Waals surface area contributed by atoms with Crippen LogP contribution in [0.25, 0.3) is 0 Å². The molecular formula is C17H21NO4. The lowest BCUT2D eigenvalue weighted by Crippen LogP contribution is -2.46. The van der Waals surface area contributed by atoms with Crippen molar-refractivity contribution in [1.29, 1.82) is 0 Å². The van der Waals surface area contributed by atoms with E-state index in [2.05, 4.69) is 4.90 Å². The van der Waals surface area contributed by atoms with Crippen molar-refractivity contribution < 1.29 is 19.1 Å². The predicted octanol–water partition coefficient (Wildman–Crippen LogP) is 2.01. The number of rotatable bonds is 3. The van der Waals surface area contributed by atoms with Crippen molar-refractivity contribution in [2.75, 3.05) is 7.05 Å². The van der Waals surface area contributed by atoms with Gasteiger partial charge in [0.2, 0.25) is 0 Å². The highest BCUT2D eigenvalue weighted by atomic mass is 16.6. The number of esters is 2. The molecule has 118 valence electrons. The van der Waals surface area contributed by atoms with E-state index in [9.17, 15) is 9.59 Å². The van der Waals surface area contributed by atoms with Gasteiger partial charge in [-0.15, -0.1) is 0 Å². The Bertz CT molecular complexity index is 559. The number of likely N-dealkylation sites (N-methyl/N-ethyl adjacent to an activating group) is 1. The van der Waals surface area contributed by atoms with Gasteiger partial charge in [0.25, 0.3) is 0 Å². The van der Waals surface area contributed by atoms with Crippen LogP contribution in [0.5, 0.6) is 0 Å². The Morgan fingerprint density at radius 3 is 2.50 bits per heavy atom. The molecule has 2 heterocycles. The van der Waals surface area contributed by atoms with Crippen molar-refractivity contribution in [3.8, 4) is 0 Å². The minimum Gasteiger partial charge on any atom is -0.461 e. The van der Waals surface area contributed by atoms with Crippen LogP contribution in [0.3, 0.4) is 0 Å². The average molecular weight is 303 g/mol. The van der Waals surface area contributed by atoms with Crippen molar-refractivity contribution in [1.82, 2.24) is 4.90 Å². The molecule has 0 aliphatic carbocycles. The molecule has 0 aromatic heterocycles. The Labute approximate surface area is 130 Å². The third-order valence-electron chi connectivity index (χ3n) is 4.67. The summed E-state index contributed by atoms with van der Waals surface area (Å²) in [6.07, 6.45) is 2.12. The first-order valence-electron chi connectivity index (χ1n) is 7.70. The largest absolute Gasteiger partial charge is 0.461 e. The van der Waals surface area contributed by atoms with E-state index in [-0.39, 0.29) is 30.2 Å². The first kappa shape index (κ1) is 15.0. The minimum absolute atomic E-state index is 0.0899. The zero-order valence-electron chi connectivity index (χ0n) is 12.9. The van der Waals surface area contributed by atoms with Crippen molar-refractivity contribution in [3.63, 3.8) is 0 Å². The molecule has 2 saturated heterocycles. The Morgan fingerprint density at radius 1 is 1.09 bits per heavy atom. The van der Waals surface area contributed by atoms with Gasteiger partial charge in [-0.1, -0.05) is 18.2 Å². The van der Waals surface area contributed by atoms with Gasteiger partial charge in [-0.25, -0.2) is 4.79 Å². The van der Waals surface area contributed by atoms with Crippen LogP contribution in [0.1, 0.15) is 36.5 Å². The maximum Gasteiger partial charge on any atom is 0.338 e. The number of hydrogen-bond acceptors (Lipinski definition) is 5. The number of carbonyl (C=O) groups is 2. The van der Waals surface area contributed by atoms with Crippen LogP contribution in [-0.2, 0) is 14.3 Å². The Balaban J connectivity index is 1.64. The van der Waals surface area contributed by atoms with E-state index in [4.69, 9.17) is 9.47 Å². The number of carbonyl (C=O) groups excluding carboxylic acids is 2. The normalized spacial score (nSPS) is 30.8. The van der Waals surface area contributed by atoms with E-state index >= 15 is 0 Å². The second kappa shape index (κ2) is 6.08. The van der Waals surface area contributed by atoms with Crippen LogP contribution in [0.4, 0.5) is 0 Å². The zero-order valence-corrected chi connectivity index (χ0v) is 12.9. The molecular weight excluding hydrogens is 282 g/mol. The van der Waals surface area contributed by atoms with Crippen molar-refractivity contribution >= 4 is 11.9 Å². The Morgan fingerprint density at radius 2 is 1.82 bits per heavy atom. The highest BCUT2D eigenvalue weighted by Gasteiger charge is 2.47. The van der Waals surface area contributed by atoms with Crippen LogP contribution in [-0.4, -0.2) is 48.2 Å². The van der Waals surface area contributed by atoms with Gasteiger partial charge in [0.05, 0.1) is 11.6 Å². The minimum atomic E-state index is -0.279. The molecule has 0 amide bonds. The number of benzene rings is 1. The van der Waals surface area contributed by atoms with E-state index in [1.807, 2.05) is 25.2 Å². The SMILES string of the molecule is CC(=O)O[C@H]1C[C@@H]2C[C@H](OC(=O)c3ccccc3)C[C@H]1N2C. The Kier molecular flexibility index (Phi) is 4.16. The molecule has 2 aliphatic rings. The topological polar surface area (TPSA) is 55.8 Å². The summed E-state index contributed by atoms with van der Waals surface area (Å²) in [6.45, 7) is 1.44. The quantitative estimate of drug-likeness (QED) is 0.800. The van der Waals surface area contributed by atoms with Gasteiger partial charge >= 0.3 is 11.9 Å². The summed E-state index contributed by atoms with van der Waals surface area (Å²) in [5.74, 6) is -0.526. The fourth-order valence-corrected chi connectivity index (χ4v) is 3.60. The maximum atomic E-state index is 12.2. The smallest absolute Gasteiger partial charge is 0.338 e. The second-order valence-electron chi connectivity index (χ2n) is 6.13. The molecule has 0 N–H and O–H groups in total. The first-order chi connectivity index (χ1) is 10.5. The molecule has 5 heteroatoms. The number of hydrogen-bond donors (Lipinski definition) is 0. The van der Waals surface area contributed by atoms with Crippen LogP contribution < -0.4 is 0 Å². The average Bonchev–Trinajstić information content (AvgIpc) is 2.67. The highest BCUT2D eigenvalue weighted by molar-refractivity contribution is 5.89. The fraction of sp³-hybridized carbons (Fsp3) is 0.529. The van der Waals surface area contributed by atoms with E-state index < -0.39 is 0 Å². The van der Waals surface area contributed by atoms with E-state index in [0.29, 0.717) is 18.0 Å². The van der Waals surface area contributed by atoms with Crippen LogP contribution in [0, 0.1) is 0 Å². The molecule has 2 fully saturated rings. The molecule has 0 spiro atoms. The van der Waals surface area contributed by atoms with E-state index in [1.54, 1.807) is 12.1 Å². The third-order valence-corrected chi connectivity index (χ3v) is 4.67. The number of nitrogens with zero attached hydrogens (tertiary/aromatic N) is 1. The van der Waals surface area contributed by atoms with Gasteiger partial charge in [-0.3, -0.25) is 9.69 Å². The summed E-state index contributed by atoms with van der Waals surface area (Å²) >= 11 is 0. The third kappa shape index (κ3) is 2.99. The van der Waals surface area contributed by atoms with Gasteiger partial charge in [0.15, 0.2) is 0 Å². The Hall–Kier alpha value is -1.88. The molecule has 2 aliphatic heterocycles. The lowest BCUT2D eigenvalue weighted by molar-refractivity contribution is -0.147. The van der Waals surface area contributed by atoms with Gasteiger partial charge < -0.3 is 9.47 Å². The van der Waals surface area contributed by atoms with Crippen LogP contribution in [0.15, 0.2) is 30.3 Å². The van der Waals surface area contributed by atoms with E-state index in [0.717, 1.165) is 12.8 Å². The molecule has 2 bridgehead atoms. The van der Waals surface area contributed by atoms with Gasteiger partial charge in [0.1, 0.15) is 12.2 Å². The summed E-state index contributed by atoms with van der Waals surface area (Å²) in [6, 6.07) is 9.47. The van der Waals surface area contributed by atoms with Crippen LogP contribution in [0.2, 0.25) is 0 Å². The molecule has 4 atom stereocenters. The standard InChI is InChI=1S/C17H21NO4/c1-11(19)21-16-9-13-8-14(10-15(16)18(13)2)22-17(20)12-6-4-3-5-7-12/h3-7,13-16H,8-10H2,1-2H3/t13-,14-,15+,16-/m0/s1.